The smallest absolute Gasteiger partial charge is 0.321 e. The number of benzene rings is 2. The summed E-state index contributed by atoms with van der Waals surface area (Å²) in [7, 11) is 1.49. The van der Waals surface area contributed by atoms with Gasteiger partial charge in [-0.25, -0.2) is 4.79 Å². The van der Waals surface area contributed by atoms with Gasteiger partial charge in [0.05, 0.1) is 18.6 Å². The van der Waals surface area contributed by atoms with Crippen LogP contribution in [0.5, 0.6) is 5.75 Å². The number of urea groups is 1. The molecule has 1 N–H and O–H groups in total. The summed E-state index contributed by atoms with van der Waals surface area (Å²) in [6, 6.07) is 15.9. The number of ketones is 1. The van der Waals surface area contributed by atoms with Crippen LogP contribution < -0.4 is 10.1 Å². The highest BCUT2D eigenvalue weighted by Crippen LogP contribution is 2.21. The second kappa shape index (κ2) is 9.73. The van der Waals surface area contributed by atoms with Gasteiger partial charge in [0, 0.05) is 18.8 Å². The second-order valence-electron chi connectivity index (χ2n) is 6.79. The highest BCUT2D eigenvalue weighted by molar-refractivity contribution is 6.00. The lowest BCUT2D eigenvalue weighted by Crippen LogP contribution is -2.42. The van der Waals surface area contributed by atoms with Crippen LogP contribution in [0.25, 0.3) is 0 Å². The highest BCUT2D eigenvalue weighted by Gasteiger charge is 2.29. The second-order valence-corrected chi connectivity index (χ2v) is 6.79. The molecule has 0 bridgehead atoms. The molecule has 2 aromatic carbocycles. The summed E-state index contributed by atoms with van der Waals surface area (Å²) < 4.78 is 10.4. The third kappa shape index (κ3) is 5.34. The third-order valence-electron chi connectivity index (χ3n) is 4.89. The van der Waals surface area contributed by atoms with Gasteiger partial charge < -0.3 is 19.7 Å². The molecule has 1 heterocycles. The molecule has 1 saturated heterocycles. The first-order valence-corrected chi connectivity index (χ1v) is 9.52. The third-order valence-corrected chi connectivity index (χ3v) is 4.89. The van der Waals surface area contributed by atoms with Crippen molar-refractivity contribution in [2.75, 3.05) is 32.1 Å². The molecule has 0 atom stereocenters. The van der Waals surface area contributed by atoms with Crippen LogP contribution >= 0.6 is 0 Å². The number of ether oxygens (including phenoxy) is 2. The van der Waals surface area contributed by atoms with Crippen molar-refractivity contribution in [3.63, 3.8) is 0 Å². The summed E-state index contributed by atoms with van der Waals surface area (Å²) in [4.78, 5) is 38.6. The number of methoxy groups -OCH3 is 1. The number of piperidine rings is 1. The topological polar surface area (TPSA) is 84.9 Å². The lowest BCUT2D eigenvalue weighted by Gasteiger charge is -2.30. The average molecular weight is 396 g/mol. The van der Waals surface area contributed by atoms with E-state index in [9.17, 15) is 14.4 Å². The Bertz CT molecular complexity index is 861. The van der Waals surface area contributed by atoms with E-state index in [2.05, 4.69) is 5.32 Å². The number of likely N-dealkylation sites (tertiary alicyclic amines) is 1. The molecule has 1 fully saturated rings. The normalized spacial score (nSPS) is 14.2. The van der Waals surface area contributed by atoms with Gasteiger partial charge in [0.15, 0.2) is 6.61 Å². The summed E-state index contributed by atoms with van der Waals surface area (Å²) in [5.74, 6) is -0.584. The van der Waals surface area contributed by atoms with Gasteiger partial charge in [-0.05, 0) is 37.1 Å². The van der Waals surface area contributed by atoms with Crippen LogP contribution in [0.2, 0.25) is 0 Å². The van der Waals surface area contributed by atoms with Gasteiger partial charge in [-0.3, -0.25) is 9.59 Å². The summed E-state index contributed by atoms with van der Waals surface area (Å²) in [5.41, 5.74) is 1.11. The number of para-hydroxylation sites is 2. The number of nitrogens with zero attached hydrogens (tertiary/aromatic N) is 1. The van der Waals surface area contributed by atoms with Gasteiger partial charge in [-0.15, -0.1) is 0 Å². The molecule has 0 unspecified atom stereocenters. The van der Waals surface area contributed by atoms with Crippen LogP contribution in [-0.4, -0.2) is 49.5 Å². The minimum Gasteiger partial charge on any atom is -0.496 e. The van der Waals surface area contributed by atoms with Gasteiger partial charge in [-0.1, -0.05) is 30.3 Å². The molecule has 0 radical (unpaired) electrons. The van der Waals surface area contributed by atoms with E-state index in [-0.39, 0.29) is 24.3 Å². The van der Waals surface area contributed by atoms with E-state index in [1.807, 2.05) is 30.3 Å². The van der Waals surface area contributed by atoms with E-state index >= 15 is 0 Å². The minimum atomic E-state index is -0.406. The monoisotopic (exact) mass is 396 g/mol. The number of hydrogen-bond acceptors (Lipinski definition) is 5. The van der Waals surface area contributed by atoms with Crippen molar-refractivity contribution in [3.8, 4) is 5.75 Å². The first kappa shape index (κ1) is 20.4. The SMILES string of the molecule is COc1ccccc1C(=O)COC(=O)C1CCN(C(=O)Nc2ccccc2)CC1. The number of carbonyl (C=O) groups is 3. The lowest BCUT2D eigenvalue weighted by molar-refractivity contribution is -0.148. The van der Waals surface area contributed by atoms with Gasteiger partial charge in [-0.2, -0.15) is 0 Å². The van der Waals surface area contributed by atoms with E-state index in [0.29, 0.717) is 37.2 Å². The molecule has 0 spiro atoms. The number of anilines is 1. The van der Waals surface area contributed by atoms with Gasteiger partial charge >= 0.3 is 12.0 Å². The maximum atomic E-state index is 12.3. The number of esters is 1. The van der Waals surface area contributed by atoms with E-state index in [1.165, 1.54) is 7.11 Å². The fourth-order valence-corrected chi connectivity index (χ4v) is 3.25. The minimum absolute atomic E-state index is 0.186. The van der Waals surface area contributed by atoms with Gasteiger partial charge in [0.2, 0.25) is 5.78 Å². The van der Waals surface area contributed by atoms with E-state index in [4.69, 9.17) is 9.47 Å². The van der Waals surface area contributed by atoms with E-state index < -0.39 is 5.97 Å². The molecule has 1 aliphatic rings. The molecule has 152 valence electrons. The van der Waals surface area contributed by atoms with Crippen LogP contribution in [0.4, 0.5) is 10.5 Å². The Labute approximate surface area is 169 Å². The van der Waals surface area contributed by atoms with Crippen molar-refractivity contribution >= 4 is 23.5 Å². The van der Waals surface area contributed by atoms with E-state index in [0.717, 1.165) is 5.69 Å². The van der Waals surface area contributed by atoms with Gasteiger partial charge in [0.25, 0.3) is 0 Å². The Morgan fingerprint density at radius 1 is 1.00 bits per heavy atom. The quantitative estimate of drug-likeness (QED) is 0.598. The maximum Gasteiger partial charge on any atom is 0.321 e. The summed E-state index contributed by atoms with van der Waals surface area (Å²) in [6.07, 6.45) is 1.01. The molecule has 3 rings (SSSR count). The first-order valence-electron chi connectivity index (χ1n) is 9.52. The molecule has 29 heavy (non-hydrogen) atoms. The van der Waals surface area contributed by atoms with Crippen molar-refractivity contribution in [3.05, 3.63) is 60.2 Å². The molecular formula is C22H24N2O5. The average Bonchev–Trinajstić information content (AvgIpc) is 2.78. The Hall–Kier alpha value is -3.35. The first-order chi connectivity index (χ1) is 14.1. The lowest BCUT2D eigenvalue weighted by atomic mass is 9.97. The van der Waals surface area contributed by atoms with Crippen LogP contribution in [0.15, 0.2) is 54.6 Å². The highest BCUT2D eigenvalue weighted by atomic mass is 16.5. The molecule has 2 amide bonds. The number of rotatable bonds is 6. The molecule has 7 heteroatoms. The predicted octanol–water partition coefficient (Wildman–Crippen LogP) is 3.37. The van der Waals surface area contributed by atoms with Crippen LogP contribution in [0.3, 0.4) is 0 Å². The standard InChI is InChI=1S/C22H24N2O5/c1-28-20-10-6-5-9-18(20)19(25)15-29-21(26)16-11-13-24(14-12-16)22(27)23-17-7-3-2-4-8-17/h2-10,16H,11-15H2,1H3,(H,23,27). The van der Waals surface area contributed by atoms with Crippen molar-refractivity contribution in [2.24, 2.45) is 5.92 Å². The zero-order valence-corrected chi connectivity index (χ0v) is 16.3. The summed E-state index contributed by atoms with van der Waals surface area (Å²) in [6.45, 7) is 0.589. The zero-order valence-electron chi connectivity index (χ0n) is 16.3. The fourth-order valence-electron chi connectivity index (χ4n) is 3.25. The molecular weight excluding hydrogens is 372 g/mol. The van der Waals surface area contributed by atoms with Crippen molar-refractivity contribution in [1.82, 2.24) is 4.90 Å². The molecule has 1 aliphatic heterocycles. The summed E-state index contributed by atoms with van der Waals surface area (Å²) in [5, 5.41) is 2.84. The molecule has 2 aromatic rings. The van der Waals surface area contributed by atoms with Crippen molar-refractivity contribution < 1.29 is 23.9 Å². The maximum absolute atomic E-state index is 12.3. The Balaban J connectivity index is 1.45. The van der Waals surface area contributed by atoms with Crippen molar-refractivity contribution in [2.45, 2.75) is 12.8 Å². The van der Waals surface area contributed by atoms with Gasteiger partial charge in [0.1, 0.15) is 5.75 Å². The summed E-state index contributed by atoms with van der Waals surface area (Å²) >= 11 is 0. The van der Waals surface area contributed by atoms with Crippen LogP contribution in [0.1, 0.15) is 23.2 Å². The molecule has 0 aromatic heterocycles. The molecule has 7 nitrogen and oxygen atoms in total. The molecule has 0 saturated carbocycles. The fraction of sp³-hybridized carbons (Fsp3) is 0.318. The number of hydrogen-bond donors (Lipinski definition) is 1. The van der Waals surface area contributed by atoms with Crippen LogP contribution in [0, 0.1) is 5.92 Å². The Morgan fingerprint density at radius 3 is 2.34 bits per heavy atom. The Morgan fingerprint density at radius 2 is 1.66 bits per heavy atom. The number of Topliss-reactive ketones (excluding diaryl/α,β-unsaturated/α-hetero) is 1. The number of amides is 2. The Kier molecular flexibility index (Phi) is 6.84. The predicted molar refractivity (Wildman–Crippen MR) is 108 cm³/mol. The molecule has 0 aliphatic carbocycles. The zero-order chi connectivity index (χ0) is 20.6. The number of carbonyl (C=O) groups excluding carboxylic acids is 3. The largest absolute Gasteiger partial charge is 0.496 e. The van der Waals surface area contributed by atoms with Crippen LogP contribution in [-0.2, 0) is 9.53 Å². The van der Waals surface area contributed by atoms with E-state index in [1.54, 1.807) is 29.2 Å². The number of nitrogens with one attached hydrogen (secondary N) is 1. The van der Waals surface area contributed by atoms with Crippen molar-refractivity contribution in [1.29, 1.82) is 0 Å².